The minimum atomic E-state index is -4.43. The summed E-state index contributed by atoms with van der Waals surface area (Å²) in [6.07, 6.45) is -1.19. The van der Waals surface area contributed by atoms with E-state index in [4.69, 9.17) is 14.7 Å². The third-order valence-corrected chi connectivity index (χ3v) is 8.50. The third kappa shape index (κ3) is 8.04. The van der Waals surface area contributed by atoms with E-state index in [-0.39, 0.29) is 26.1 Å². The standard InChI is InChI=1S/C35H28F2N2O6S/c36-31-14-13-30(19-32(31)37)46(42,43)39-35(41)15-12-26-9-8-24(21-44-29-7-3-4-23(16-29)20-38)17-34(26)45-22-33(40)28-11-10-25-5-1-2-6-27(25)18-28/h1-11,13-14,16-19,33,40H,12,15,21-22H2,(H,39,41). The lowest BCUT2D eigenvalue weighted by Crippen LogP contribution is -2.30. The van der Waals surface area contributed by atoms with Crippen molar-refractivity contribution in [1.82, 2.24) is 4.72 Å². The number of ether oxygens (including phenoxy) is 2. The first kappa shape index (κ1) is 32.1. The summed E-state index contributed by atoms with van der Waals surface area (Å²) in [5.74, 6) is -2.59. The number of hydrogen-bond acceptors (Lipinski definition) is 7. The number of aliphatic hydroxyl groups excluding tert-OH is 1. The molecular formula is C35H28F2N2O6S. The number of benzene rings is 5. The number of halogens is 2. The fourth-order valence-corrected chi connectivity index (χ4v) is 5.71. The zero-order valence-electron chi connectivity index (χ0n) is 24.3. The molecule has 5 aromatic rings. The molecule has 11 heteroatoms. The molecule has 0 saturated carbocycles. The zero-order valence-corrected chi connectivity index (χ0v) is 25.1. The smallest absolute Gasteiger partial charge is 0.264 e. The highest BCUT2D eigenvalue weighted by atomic mass is 32.2. The van der Waals surface area contributed by atoms with Crippen LogP contribution in [0, 0.1) is 23.0 Å². The molecule has 5 aromatic carbocycles. The second kappa shape index (κ2) is 14.2. The number of carbonyl (C=O) groups is 1. The molecular weight excluding hydrogens is 614 g/mol. The Kier molecular flexibility index (Phi) is 9.91. The lowest BCUT2D eigenvalue weighted by Gasteiger charge is -2.17. The Labute approximate surface area is 264 Å². The quantitative estimate of drug-likeness (QED) is 0.168. The normalized spacial score (nSPS) is 11.9. The summed E-state index contributed by atoms with van der Waals surface area (Å²) in [6.45, 7) is 0.0162. The lowest BCUT2D eigenvalue weighted by atomic mass is 10.0. The third-order valence-electron chi connectivity index (χ3n) is 7.13. The molecule has 0 aliphatic heterocycles. The molecule has 0 bridgehead atoms. The molecule has 2 N–H and O–H groups in total. The number of hydrogen-bond donors (Lipinski definition) is 2. The van der Waals surface area contributed by atoms with E-state index in [1.54, 1.807) is 42.5 Å². The first-order chi connectivity index (χ1) is 22.1. The molecule has 46 heavy (non-hydrogen) atoms. The molecule has 0 fully saturated rings. The van der Waals surface area contributed by atoms with Crippen LogP contribution >= 0.6 is 0 Å². The number of carbonyl (C=O) groups excluding carboxylic acids is 1. The SMILES string of the molecule is N#Cc1cccc(OCc2ccc(CCC(=O)NS(=O)(=O)c3ccc(F)c(F)c3)c(OCC(O)c3ccc4ccccc4c3)c2)c1. The van der Waals surface area contributed by atoms with Crippen molar-refractivity contribution in [3.63, 3.8) is 0 Å². The second-order valence-electron chi connectivity index (χ2n) is 10.4. The first-order valence-corrected chi connectivity index (χ1v) is 15.6. The lowest BCUT2D eigenvalue weighted by molar-refractivity contribution is -0.119. The molecule has 0 aliphatic rings. The average Bonchev–Trinajstić information content (AvgIpc) is 3.06. The van der Waals surface area contributed by atoms with Gasteiger partial charge < -0.3 is 14.6 Å². The van der Waals surface area contributed by atoms with Crippen LogP contribution in [-0.2, 0) is 27.8 Å². The van der Waals surface area contributed by atoms with Crippen LogP contribution in [0.1, 0.15) is 34.8 Å². The van der Waals surface area contributed by atoms with Crippen molar-refractivity contribution in [2.75, 3.05) is 6.61 Å². The minimum Gasteiger partial charge on any atom is -0.490 e. The van der Waals surface area contributed by atoms with E-state index in [0.29, 0.717) is 45.9 Å². The van der Waals surface area contributed by atoms with Crippen LogP contribution in [0.3, 0.4) is 0 Å². The van der Waals surface area contributed by atoms with Gasteiger partial charge in [0.2, 0.25) is 5.91 Å². The van der Waals surface area contributed by atoms with E-state index < -0.39 is 38.6 Å². The van der Waals surface area contributed by atoms with E-state index in [0.717, 1.165) is 16.8 Å². The zero-order chi connectivity index (χ0) is 32.7. The number of aliphatic hydroxyl groups is 1. The van der Waals surface area contributed by atoms with Crippen molar-refractivity contribution in [2.45, 2.75) is 30.4 Å². The number of aryl methyl sites for hydroxylation is 1. The Morgan fingerprint density at radius 3 is 2.46 bits per heavy atom. The van der Waals surface area contributed by atoms with Crippen LogP contribution in [0.4, 0.5) is 8.78 Å². The molecule has 1 unspecified atom stereocenters. The number of amides is 1. The van der Waals surface area contributed by atoms with E-state index in [1.165, 1.54) is 0 Å². The molecule has 1 atom stereocenters. The summed E-state index contributed by atoms with van der Waals surface area (Å²) in [6, 6.07) is 29.3. The fourth-order valence-electron chi connectivity index (χ4n) is 4.68. The highest BCUT2D eigenvalue weighted by Gasteiger charge is 2.20. The van der Waals surface area contributed by atoms with Crippen molar-refractivity contribution in [2.24, 2.45) is 0 Å². The van der Waals surface area contributed by atoms with Crippen LogP contribution < -0.4 is 14.2 Å². The fraction of sp³-hybridized carbons (Fsp3) is 0.143. The van der Waals surface area contributed by atoms with Crippen LogP contribution in [0.25, 0.3) is 10.8 Å². The first-order valence-electron chi connectivity index (χ1n) is 14.2. The number of nitrogens with one attached hydrogen (secondary N) is 1. The molecule has 1 amide bonds. The van der Waals surface area contributed by atoms with Crippen molar-refractivity contribution in [1.29, 1.82) is 5.26 Å². The number of nitrogens with zero attached hydrogens (tertiary/aromatic N) is 1. The van der Waals surface area contributed by atoms with Gasteiger partial charge in [-0.15, -0.1) is 0 Å². The van der Waals surface area contributed by atoms with Gasteiger partial charge in [-0.2, -0.15) is 5.26 Å². The number of nitriles is 1. The number of sulfonamides is 1. The van der Waals surface area contributed by atoms with E-state index in [9.17, 15) is 27.1 Å². The topological polar surface area (TPSA) is 126 Å². The molecule has 234 valence electrons. The summed E-state index contributed by atoms with van der Waals surface area (Å²) in [5, 5.41) is 22.1. The minimum absolute atomic E-state index is 0.0614. The predicted molar refractivity (Wildman–Crippen MR) is 166 cm³/mol. The molecule has 0 aromatic heterocycles. The summed E-state index contributed by atoms with van der Waals surface area (Å²) in [5.41, 5.74) is 2.36. The monoisotopic (exact) mass is 642 g/mol. The van der Waals surface area contributed by atoms with Crippen molar-refractivity contribution in [3.8, 4) is 17.6 Å². The Morgan fingerprint density at radius 2 is 1.67 bits per heavy atom. The molecule has 8 nitrogen and oxygen atoms in total. The molecule has 0 spiro atoms. The van der Waals surface area contributed by atoms with Crippen LogP contribution in [-0.4, -0.2) is 26.0 Å². The van der Waals surface area contributed by atoms with Gasteiger partial charge in [-0.1, -0.05) is 54.6 Å². The van der Waals surface area contributed by atoms with Gasteiger partial charge in [0, 0.05) is 6.42 Å². The van der Waals surface area contributed by atoms with Crippen LogP contribution in [0.5, 0.6) is 11.5 Å². The van der Waals surface area contributed by atoms with Gasteiger partial charge in [-0.05, 0) is 82.4 Å². The summed E-state index contributed by atoms with van der Waals surface area (Å²) < 4.78 is 65.7. The van der Waals surface area contributed by atoms with Gasteiger partial charge in [-0.25, -0.2) is 21.9 Å². The summed E-state index contributed by atoms with van der Waals surface area (Å²) in [7, 11) is -4.43. The van der Waals surface area contributed by atoms with Crippen LogP contribution in [0.15, 0.2) is 108 Å². The molecule has 5 rings (SSSR count). The molecule has 0 saturated heterocycles. The van der Waals surface area contributed by atoms with Crippen molar-refractivity contribution in [3.05, 3.63) is 137 Å². The summed E-state index contributed by atoms with van der Waals surface area (Å²) >= 11 is 0. The average molecular weight is 643 g/mol. The maximum atomic E-state index is 13.6. The van der Waals surface area contributed by atoms with Gasteiger partial charge in [0.05, 0.1) is 16.5 Å². The van der Waals surface area contributed by atoms with E-state index >= 15 is 0 Å². The van der Waals surface area contributed by atoms with Gasteiger partial charge in [0.1, 0.15) is 30.8 Å². The highest BCUT2D eigenvalue weighted by molar-refractivity contribution is 7.90. The Morgan fingerprint density at radius 1 is 0.870 bits per heavy atom. The van der Waals surface area contributed by atoms with Gasteiger partial charge in [0.25, 0.3) is 10.0 Å². The predicted octanol–water partition coefficient (Wildman–Crippen LogP) is 6.12. The van der Waals surface area contributed by atoms with Gasteiger partial charge in [-0.3, -0.25) is 4.79 Å². The Bertz CT molecular complexity index is 2050. The second-order valence-corrected chi connectivity index (χ2v) is 12.1. The summed E-state index contributed by atoms with van der Waals surface area (Å²) in [4.78, 5) is 12.0. The largest absolute Gasteiger partial charge is 0.490 e. The molecule has 0 heterocycles. The van der Waals surface area contributed by atoms with Crippen molar-refractivity contribution >= 4 is 26.7 Å². The maximum Gasteiger partial charge on any atom is 0.264 e. The van der Waals surface area contributed by atoms with Gasteiger partial charge >= 0.3 is 0 Å². The van der Waals surface area contributed by atoms with Crippen LogP contribution in [0.2, 0.25) is 0 Å². The number of rotatable bonds is 12. The Hall–Kier alpha value is -5.31. The molecule has 0 aliphatic carbocycles. The van der Waals surface area contributed by atoms with Gasteiger partial charge in [0.15, 0.2) is 11.6 Å². The van der Waals surface area contributed by atoms with Crippen molar-refractivity contribution < 1.29 is 36.6 Å². The Balaban J connectivity index is 1.30. The van der Waals surface area contributed by atoms with E-state index in [1.807, 2.05) is 47.2 Å². The van der Waals surface area contributed by atoms with E-state index in [2.05, 4.69) is 6.07 Å². The molecule has 0 radical (unpaired) electrons. The number of fused-ring (bicyclic) bond motifs is 1. The highest BCUT2D eigenvalue weighted by Crippen LogP contribution is 2.27. The maximum absolute atomic E-state index is 13.6.